The molecule has 17 heavy (non-hydrogen) atoms. The van der Waals surface area contributed by atoms with Gasteiger partial charge in [-0.25, -0.2) is 0 Å². The van der Waals surface area contributed by atoms with Crippen molar-refractivity contribution in [1.29, 1.82) is 0 Å². The first-order valence-corrected chi connectivity index (χ1v) is 6.12. The van der Waals surface area contributed by atoms with Gasteiger partial charge in [-0.2, -0.15) is 0 Å². The Morgan fingerprint density at radius 2 is 2.12 bits per heavy atom. The van der Waals surface area contributed by atoms with E-state index in [4.69, 9.17) is 9.84 Å². The number of fused-ring (bicyclic) bond motifs is 1. The van der Waals surface area contributed by atoms with Crippen LogP contribution in [-0.2, 0) is 24.1 Å². The molecule has 1 N–H and O–H groups in total. The quantitative estimate of drug-likeness (QED) is 0.871. The molecule has 0 amide bonds. The van der Waals surface area contributed by atoms with E-state index >= 15 is 0 Å². The van der Waals surface area contributed by atoms with Gasteiger partial charge in [0.15, 0.2) is 0 Å². The zero-order valence-corrected chi connectivity index (χ0v) is 10.2. The highest BCUT2D eigenvalue weighted by Gasteiger charge is 2.17. The number of aliphatic carboxylic acids is 1. The van der Waals surface area contributed by atoms with Gasteiger partial charge in [0.05, 0.1) is 7.11 Å². The van der Waals surface area contributed by atoms with Crippen LogP contribution in [0, 0.1) is 0 Å². The molecule has 0 saturated heterocycles. The molecule has 1 aromatic carbocycles. The van der Waals surface area contributed by atoms with Crippen LogP contribution in [0.1, 0.15) is 36.0 Å². The Morgan fingerprint density at radius 1 is 1.35 bits per heavy atom. The number of carbonyl (C=O) groups is 1. The summed E-state index contributed by atoms with van der Waals surface area (Å²) in [5.74, 6) is 0.160. The van der Waals surface area contributed by atoms with E-state index < -0.39 is 5.97 Å². The van der Waals surface area contributed by atoms with Gasteiger partial charge in [0.2, 0.25) is 0 Å². The number of hydrogen-bond acceptors (Lipinski definition) is 2. The lowest BCUT2D eigenvalue weighted by Gasteiger charge is -2.21. The predicted molar refractivity (Wildman–Crippen MR) is 65.6 cm³/mol. The van der Waals surface area contributed by atoms with Gasteiger partial charge in [0.1, 0.15) is 5.75 Å². The van der Waals surface area contributed by atoms with Crippen molar-refractivity contribution in [3.63, 3.8) is 0 Å². The highest BCUT2D eigenvalue weighted by molar-refractivity contribution is 5.67. The van der Waals surface area contributed by atoms with E-state index in [1.54, 1.807) is 7.11 Å². The number of carboxylic acids is 1. The van der Waals surface area contributed by atoms with Crippen LogP contribution in [0.2, 0.25) is 0 Å². The van der Waals surface area contributed by atoms with Crippen LogP contribution >= 0.6 is 0 Å². The molecule has 0 unspecified atom stereocenters. The second kappa shape index (κ2) is 5.21. The molecular weight excluding hydrogens is 216 g/mol. The molecule has 0 fully saturated rings. The number of rotatable bonds is 4. The van der Waals surface area contributed by atoms with Crippen molar-refractivity contribution >= 4 is 5.97 Å². The molecule has 92 valence electrons. The fraction of sp³-hybridized carbons (Fsp3) is 0.500. The summed E-state index contributed by atoms with van der Waals surface area (Å²) in [6, 6.07) is 4.15. The monoisotopic (exact) mass is 234 g/mol. The second-order valence-electron chi connectivity index (χ2n) is 4.50. The van der Waals surface area contributed by atoms with Gasteiger partial charge in [-0.15, -0.1) is 0 Å². The van der Waals surface area contributed by atoms with Gasteiger partial charge in [-0.3, -0.25) is 4.79 Å². The average Bonchev–Trinajstić information content (AvgIpc) is 2.35. The maximum Gasteiger partial charge on any atom is 0.303 e. The first-order chi connectivity index (χ1) is 8.22. The number of hydrogen-bond donors (Lipinski definition) is 1. The lowest BCUT2D eigenvalue weighted by molar-refractivity contribution is -0.136. The van der Waals surface area contributed by atoms with E-state index in [-0.39, 0.29) is 6.42 Å². The topological polar surface area (TPSA) is 46.5 Å². The van der Waals surface area contributed by atoms with E-state index in [0.717, 1.165) is 24.2 Å². The molecule has 3 heteroatoms. The summed E-state index contributed by atoms with van der Waals surface area (Å²) in [5.41, 5.74) is 3.68. The fourth-order valence-corrected chi connectivity index (χ4v) is 2.54. The Hall–Kier alpha value is -1.51. The second-order valence-corrected chi connectivity index (χ2v) is 4.50. The third-order valence-electron chi connectivity index (χ3n) is 3.37. The minimum atomic E-state index is -0.759. The standard InChI is InChI=1S/C14H18O3/c1-17-14-11(8-9-13(15)16)7-6-10-4-2-3-5-12(10)14/h6-7H,2-5,8-9H2,1H3,(H,15,16). The van der Waals surface area contributed by atoms with Crippen LogP contribution in [0.5, 0.6) is 5.75 Å². The molecule has 3 nitrogen and oxygen atoms in total. The molecule has 0 radical (unpaired) electrons. The summed E-state index contributed by atoms with van der Waals surface area (Å²) in [6.07, 6.45) is 5.32. The number of benzene rings is 1. The Labute approximate surface area is 101 Å². The predicted octanol–water partition coefficient (Wildman–Crippen LogP) is 2.59. The van der Waals surface area contributed by atoms with Crippen molar-refractivity contribution in [2.45, 2.75) is 38.5 Å². The Balaban J connectivity index is 2.29. The van der Waals surface area contributed by atoms with Crippen LogP contribution in [0.4, 0.5) is 0 Å². The largest absolute Gasteiger partial charge is 0.496 e. The number of methoxy groups -OCH3 is 1. The Kier molecular flexibility index (Phi) is 3.67. The number of ether oxygens (including phenoxy) is 1. The first kappa shape index (κ1) is 12.0. The molecule has 0 atom stereocenters. The lowest BCUT2D eigenvalue weighted by Crippen LogP contribution is -2.08. The summed E-state index contributed by atoms with van der Waals surface area (Å²) in [6.45, 7) is 0. The highest BCUT2D eigenvalue weighted by Crippen LogP contribution is 2.33. The van der Waals surface area contributed by atoms with E-state index in [0.29, 0.717) is 6.42 Å². The van der Waals surface area contributed by atoms with Gasteiger partial charge in [-0.05, 0) is 48.8 Å². The summed E-state index contributed by atoms with van der Waals surface area (Å²) in [7, 11) is 1.68. The van der Waals surface area contributed by atoms with Crippen molar-refractivity contribution < 1.29 is 14.6 Å². The molecule has 1 aliphatic carbocycles. The average molecular weight is 234 g/mol. The number of aryl methyl sites for hydroxylation is 2. The van der Waals surface area contributed by atoms with Crippen LogP contribution in [0.15, 0.2) is 12.1 Å². The van der Waals surface area contributed by atoms with Gasteiger partial charge in [-0.1, -0.05) is 12.1 Å². The van der Waals surface area contributed by atoms with Crippen molar-refractivity contribution in [3.8, 4) is 5.75 Å². The minimum Gasteiger partial charge on any atom is -0.496 e. The molecule has 2 rings (SSSR count). The minimum absolute atomic E-state index is 0.162. The molecule has 0 aliphatic heterocycles. The van der Waals surface area contributed by atoms with Crippen LogP contribution in [-0.4, -0.2) is 18.2 Å². The SMILES string of the molecule is COc1c(CCC(=O)O)ccc2c1CCCC2. The maximum absolute atomic E-state index is 10.6. The van der Waals surface area contributed by atoms with Crippen molar-refractivity contribution in [1.82, 2.24) is 0 Å². The molecule has 0 heterocycles. The van der Waals surface area contributed by atoms with Crippen LogP contribution in [0.3, 0.4) is 0 Å². The van der Waals surface area contributed by atoms with Crippen molar-refractivity contribution in [2.24, 2.45) is 0 Å². The van der Waals surface area contributed by atoms with E-state index in [1.807, 2.05) is 6.07 Å². The van der Waals surface area contributed by atoms with Gasteiger partial charge >= 0.3 is 5.97 Å². The Morgan fingerprint density at radius 3 is 2.82 bits per heavy atom. The summed E-state index contributed by atoms with van der Waals surface area (Å²) >= 11 is 0. The molecule has 1 aromatic rings. The van der Waals surface area contributed by atoms with Gasteiger partial charge in [0, 0.05) is 6.42 Å². The van der Waals surface area contributed by atoms with Crippen LogP contribution in [0.25, 0.3) is 0 Å². The fourth-order valence-electron chi connectivity index (χ4n) is 2.54. The smallest absolute Gasteiger partial charge is 0.303 e. The molecule has 0 saturated carbocycles. The van der Waals surface area contributed by atoms with E-state index in [1.165, 1.54) is 24.0 Å². The first-order valence-electron chi connectivity index (χ1n) is 6.12. The summed E-state index contributed by atoms with van der Waals surface area (Å²) in [4.78, 5) is 10.6. The van der Waals surface area contributed by atoms with Gasteiger partial charge in [0.25, 0.3) is 0 Å². The number of carboxylic acid groups (broad SMARTS) is 1. The summed E-state index contributed by atoms with van der Waals surface area (Å²) in [5, 5.41) is 8.74. The normalized spacial score (nSPS) is 14.2. The third-order valence-corrected chi connectivity index (χ3v) is 3.37. The Bertz CT molecular complexity index is 424. The highest BCUT2D eigenvalue weighted by atomic mass is 16.5. The summed E-state index contributed by atoms with van der Waals surface area (Å²) < 4.78 is 5.48. The van der Waals surface area contributed by atoms with Crippen LogP contribution < -0.4 is 4.74 Å². The molecule has 0 aromatic heterocycles. The van der Waals surface area contributed by atoms with E-state index in [2.05, 4.69) is 6.07 Å². The maximum atomic E-state index is 10.6. The molecule has 0 spiro atoms. The molecular formula is C14H18O3. The third kappa shape index (κ3) is 2.60. The van der Waals surface area contributed by atoms with E-state index in [9.17, 15) is 4.79 Å². The van der Waals surface area contributed by atoms with Crippen molar-refractivity contribution in [3.05, 3.63) is 28.8 Å². The lowest BCUT2D eigenvalue weighted by atomic mass is 9.88. The molecule has 0 bridgehead atoms. The molecule has 1 aliphatic rings. The van der Waals surface area contributed by atoms with Crippen molar-refractivity contribution in [2.75, 3.05) is 7.11 Å². The zero-order chi connectivity index (χ0) is 12.3. The van der Waals surface area contributed by atoms with Gasteiger partial charge < -0.3 is 9.84 Å². The zero-order valence-electron chi connectivity index (χ0n) is 10.2.